The highest BCUT2D eigenvalue weighted by Gasteiger charge is 2.26. The van der Waals surface area contributed by atoms with Crippen molar-refractivity contribution in [1.29, 1.82) is 0 Å². The van der Waals surface area contributed by atoms with Gasteiger partial charge in [0, 0.05) is 26.2 Å². The number of nitrogens with one attached hydrogen (secondary N) is 3. The highest BCUT2D eigenvalue weighted by atomic mass is 32.2. The molecule has 10 nitrogen and oxygen atoms in total. The predicted octanol–water partition coefficient (Wildman–Crippen LogP) is 2.33. The molecule has 1 aromatic heterocycles. The molecule has 0 aliphatic carbocycles. The number of nitrogens with zero attached hydrogens (tertiary/aromatic N) is 2. The number of H-pyrrole nitrogens is 2. The summed E-state index contributed by atoms with van der Waals surface area (Å²) in [7, 11) is -4.02. The summed E-state index contributed by atoms with van der Waals surface area (Å²) in [5, 5.41) is 10.1. The number of imidazole rings is 1. The first-order chi connectivity index (χ1) is 16.8. The number of rotatable bonds is 5. The van der Waals surface area contributed by atoms with Crippen molar-refractivity contribution in [2.45, 2.75) is 4.90 Å². The van der Waals surface area contributed by atoms with E-state index in [0.717, 1.165) is 0 Å². The molecule has 4 aromatic rings. The number of para-hydroxylation sites is 3. The topological polar surface area (TPSA) is 139 Å². The van der Waals surface area contributed by atoms with Crippen molar-refractivity contribution in [3.05, 3.63) is 82.8 Å². The van der Waals surface area contributed by atoms with Crippen LogP contribution in [0.2, 0.25) is 0 Å². The third-order valence-corrected chi connectivity index (χ3v) is 7.35. The SMILES string of the molecule is O=C(c1ccccc1NS(=O)(=O)c1ccc2[nH]c(=O)[nH]c2c1)N1CCN(c2ccccc2O)CC1. The number of anilines is 2. The number of sulfonamides is 1. The van der Waals surface area contributed by atoms with Gasteiger partial charge in [0.1, 0.15) is 5.75 Å². The summed E-state index contributed by atoms with van der Waals surface area (Å²) in [5.41, 5.74) is 1.55. The molecule has 0 radical (unpaired) electrons. The van der Waals surface area contributed by atoms with Crippen LogP contribution in [-0.2, 0) is 10.0 Å². The largest absolute Gasteiger partial charge is 0.506 e. The van der Waals surface area contributed by atoms with Gasteiger partial charge in [-0.3, -0.25) is 9.52 Å². The Labute approximate surface area is 200 Å². The second-order valence-electron chi connectivity index (χ2n) is 8.21. The first-order valence-corrected chi connectivity index (χ1v) is 12.5. The Morgan fingerprint density at radius 2 is 1.57 bits per heavy atom. The van der Waals surface area contributed by atoms with Gasteiger partial charge in [0.25, 0.3) is 15.9 Å². The van der Waals surface area contributed by atoms with Crippen LogP contribution in [-0.4, -0.2) is 60.5 Å². The Morgan fingerprint density at radius 3 is 2.34 bits per heavy atom. The van der Waals surface area contributed by atoms with Gasteiger partial charge in [-0.25, -0.2) is 13.2 Å². The zero-order valence-electron chi connectivity index (χ0n) is 18.6. The zero-order valence-corrected chi connectivity index (χ0v) is 19.4. The van der Waals surface area contributed by atoms with Crippen molar-refractivity contribution in [2.24, 2.45) is 0 Å². The highest BCUT2D eigenvalue weighted by Crippen LogP contribution is 2.28. The summed E-state index contributed by atoms with van der Waals surface area (Å²) in [5.74, 6) is -0.0976. The number of phenols is 1. The number of hydrogen-bond acceptors (Lipinski definition) is 6. The molecule has 0 atom stereocenters. The van der Waals surface area contributed by atoms with Crippen LogP contribution in [0.15, 0.2) is 76.4 Å². The Balaban J connectivity index is 1.34. The number of aromatic nitrogens is 2. The molecule has 0 unspecified atom stereocenters. The van der Waals surface area contributed by atoms with Crippen LogP contribution in [0, 0.1) is 0 Å². The first kappa shape index (κ1) is 22.5. The normalized spacial score (nSPS) is 14.3. The minimum Gasteiger partial charge on any atom is -0.506 e. The second-order valence-corrected chi connectivity index (χ2v) is 9.89. The number of fused-ring (bicyclic) bond motifs is 1. The smallest absolute Gasteiger partial charge is 0.323 e. The molecule has 35 heavy (non-hydrogen) atoms. The molecular formula is C24H23N5O5S. The number of piperazine rings is 1. The molecule has 180 valence electrons. The fourth-order valence-electron chi connectivity index (χ4n) is 4.19. The molecule has 1 fully saturated rings. The molecular weight excluding hydrogens is 470 g/mol. The number of phenolic OH excluding ortho intramolecular Hbond substituents is 1. The number of amides is 1. The summed E-state index contributed by atoms with van der Waals surface area (Å²) in [6.45, 7) is 1.91. The molecule has 1 aliphatic rings. The van der Waals surface area contributed by atoms with E-state index in [-0.39, 0.29) is 27.8 Å². The van der Waals surface area contributed by atoms with Crippen LogP contribution in [0.5, 0.6) is 5.75 Å². The molecule has 1 amide bonds. The van der Waals surface area contributed by atoms with Crippen LogP contribution < -0.4 is 15.3 Å². The molecule has 11 heteroatoms. The van der Waals surface area contributed by atoms with Gasteiger partial charge >= 0.3 is 5.69 Å². The highest BCUT2D eigenvalue weighted by molar-refractivity contribution is 7.92. The average Bonchev–Trinajstić information content (AvgIpc) is 3.23. The van der Waals surface area contributed by atoms with E-state index in [1.54, 1.807) is 41.3 Å². The summed E-state index contributed by atoms with van der Waals surface area (Å²) in [6.07, 6.45) is 0. The summed E-state index contributed by atoms with van der Waals surface area (Å²) < 4.78 is 28.6. The van der Waals surface area contributed by atoms with Gasteiger partial charge < -0.3 is 24.9 Å². The van der Waals surface area contributed by atoms with Gasteiger partial charge in [-0.2, -0.15) is 0 Å². The standard InChI is InChI=1S/C24H23N5O5S/c30-22-8-4-3-7-21(22)28-11-13-29(14-12-28)23(31)17-5-1-2-6-18(17)27-35(33,34)16-9-10-19-20(15-16)26-24(32)25-19/h1-10,15,27,30H,11-14H2,(H2,25,26,32). The molecule has 5 rings (SSSR count). The van der Waals surface area contributed by atoms with Crippen molar-refractivity contribution in [3.63, 3.8) is 0 Å². The van der Waals surface area contributed by atoms with Crippen molar-refractivity contribution < 1.29 is 18.3 Å². The third kappa shape index (κ3) is 4.45. The number of hydrogen-bond donors (Lipinski definition) is 4. The molecule has 0 bridgehead atoms. The van der Waals surface area contributed by atoms with Gasteiger partial charge in [-0.15, -0.1) is 0 Å². The number of aromatic amines is 2. The molecule has 4 N–H and O–H groups in total. The molecule has 1 aliphatic heterocycles. The second kappa shape index (κ2) is 8.84. The minimum absolute atomic E-state index is 0.0428. The van der Waals surface area contributed by atoms with E-state index in [4.69, 9.17) is 0 Å². The van der Waals surface area contributed by atoms with Crippen molar-refractivity contribution in [1.82, 2.24) is 14.9 Å². The van der Waals surface area contributed by atoms with E-state index in [0.29, 0.717) is 42.9 Å². The quantitative estimate of drug-likeness (QED) is 0.337. The molecule has 1 saturated heterocycles. The van der Waals surface area contributed by atoms with Crippen LogP contribution in [0.3, 0.4) is 0 Å². The average molecular weight is 494 g/mol. The maximum atomic E-state index is 13.3. The lowest BCUT2D eigenvalue weighted by atomic mass is 10.1. The monoisotopic (exact) mass is 493 g/mol. The third-order valence-electron chi connectivity index (χ3n) is 5.99. The van der Waals surface area contributed by atoms with Crippen molar-refractivity contribution in [3.8, 4) is 5.75 Å². The molecule has 2 heterocycles. The van der Waals surface area contributed by atoms with Crippen molar-refractivity contribution in [2.75, 3.05) is 35.8 Å². The maximum Gasteiger partial charge on any atom is 0.323 e. The predicted molar refractivity (Wildman–Crippen MR) is 132 cm³/mol. The number of aromatic hydroxyl groups is 1. The van der Waals surface area contributed by atoms with Crippen molar-refractivity contribution >= 4 is 38.3 Å². The Morgan fingerprint density at radius 1 is 0.886 bits per heavy atom. The Hall–Kier alpha value is -4.25. The van der Waals surface area contributed by atoms with E-state index in [1.165, 1.54) is 18.2 Å². The van der Waals surface area contributed by atoms with E-state index in [1.807, 2.05) is 17.0 Å². The molecule has 0 saturated carbocycles. The number of carbonyl (C=O) groups is 1. The molecule has 3 aromatic carbocycles. The van der Waals surface area contributed by atoms with E-state index >= 15 is 0 Å². The maximum absolute atomic E-state index is 13.3. The summed E-state index contributed by atoms with van der Waals surface area (Å²) >= 11 is 0. The Bertz CT molecular complexity index is 1570. The first-order valence-electron chi connectivity index (χ1n) is 11.0. The van der Waals surface area contributed by atoms with Crippen LogP contribution >= 0.6 is 0 Å². The van der Waals surface area contributed by atoms with Crippen LogP contribution in [0.4, 0.5) is 11.4 Å². The van der Waals surface area contributed by atoms with Crippen LogP contribution in [0.1, 0.15) is 10.4 Å². The van der Waals surface area contributed by atoms with E-state index in [2.05, 4.69) is 14.7 Å². The lowest BCUT2D eigenvalue weighted by Gasteiger charge is -2.36. The fraction of sp³-hybridized carbons (Fsp3) is 0.167. The lowest BCUT2D eigenvalue weighted by molar-refractivity contribution is 0.0748. The van der Waals surface area contributed by atoms with Gasteiger partial charge in [0.05, 0.1) is 32.9 Å². The minimum atomic E-state index is -4.02. The van der Waals surface area contributed by atoms with Gasteiger partial charge in [0.2, 0.25) is 0 Å². The van der Waals surface area contributed by atoms with E-state index in [9.17, 15) is 23.1 Å². The summed E-state index contributed by atoms with van der Waals surface area (Å²) in [4.78, 5) is 33.6. The van der Waals surface area contributed by atoms with Crippen LogP contribution in [0.25, 0.3) is 11.0 Å². The fourth-order valence-corrected chi connectivity index (χ4v) is 5.30. The summed E-state index contributed by atoms with van der Waals surface area (Å²) in [6, 6.07) is 17.8. The molecule has 0 spiro atoms. The van der Waals surface area contributed by atoms with E-state index < -0.39 is 15.7 Å². The van der Waals surface area contributed by atoms with Gasteiger partial charge in [-0.1, -0.05) is 24.3 Å². The lowest BCUT2D eigenvalue weighted by Crippen LogP contribution is -2.49. The number of carbonyl (C=O) groups excluding carboxylic acids is 1. The van der Waals surface area contributed by atoms with Gasteiger partial charge in [0.15, 0.2) is 0 Å². The number of benzene rings is 3. The van der Waals surface area contributed by atoms with Gasteiger partial charge in [-0.05, 0) is 42.5 Å². The zero-order chi connectivity index (χ0) is 24.6. The Kier molecular flexibility index (Phi) is 5.69.